The second-order valence-electron chi connectivity index (χ2n) is 5.12. The van der Waals surface area contributed by atoms with Gasteiger partial charge in [0.05, 0.1) is 0 Å². The molecule has 2 atom stereocenters. The van der Waals surface area contributed by atoms with Crippen LogP contribution in [0.1, 0.15) is 47.9 Å². The van der Waals surface area contributed by atoms with Gasteiger partial charge in [-0.2, -0.15) is 0 Å². The van der Waals surface area contributed by atoms with Crippen LogP contribution >= 0.6 is 11.3 Å². The summed E-state index contributed by atoms with van der Waals surface area (Å²) < 4.78 is 0. The van der Waals surface area contributed by atoms with Crippen LogP contribution in [0.15, 0.2) is 35.7 Å². The van der Waals surface area contributed by atoms with Crippen molar-refractivity contribution in [1.82, 2.24) is 5.32 Å². The Labute approximate surface area is 118 Å². The van der Waals surface area contributed by atoms with Crippen molar-refractivity contribution in [3.05, 3.63) is 51.7 Å². The van der Waals surface area contributed by atoms with E-state index in [1.807, 2.05) is 17.4 Å². The second kappa shape index (κ2) is 5.35. The zero-order chi connectivity index (χ0) is 13.2. The first kappa shape index (κ1) is 12.7. The standard InChI is InChI=1S/C16H19NOS/c1-2-14(16-4-3-9-19-16)17-15-8-5-11-10-12(18)6-7-13(11)15/h3-4,6-7,9-10,14-15,17-18H,2,5,8H2,1H3. The van der Waals surface area contributed by atoms with Gasteiger partial charge in [0.15, 0.2) is 0 Å². The Kier molecular flexibility index (Phi) is 3.58. The molecule has 2 nitrogen and oxygen atoms in total. The fourth-order valence-corrected chi connectivity index (χ4v) is 3.78. The normalized spacial score (nSPS) is 19.3. The van der Waals surface area contributed by atoms with Crippen LogP contribution in [0, 0.1) is 0 Å². The predicted octanol–water partition coefficient (Wildman–Crippen LogP) is 4.18. The molecule has 1 aromatic heterocycles. The van der Waals surface area contributed by atoms with Gasteiger partial charge in [-0.05, 0) is 54.0 Å². The summed E-state index contributed by atoms with van der Waals surface area (Å²) in [4.78, 5) is 1.41. The number of rotatable bonds is 4. The van der Waals surface area contributed by atoms with Crippen LogP contribution in [0.2, 0.25) is 0 Å². The van der Waals surface area contributed by atoms with Crippen molar-refractivity contribution >= 4 is 11.3 Å². The summed E-state index contributed by atoms with van der Waals surface area (Å²) in [5.74, 6) is 0.379. The Hall–Kier alpha value is -1.32. The number of hydrogen-bond acceptors (Lipinski definition) is 3. The molecule has 3 rings (SSSR count). The van der Waals surface area contributed by atoms with E-state index < -0.39 is 0 Å². The van der Waals surface area contributed by atoms with Crippen LogP contribution in [0.3, 0.4) is 0 Å². The molecule has 100 valence electrons. The number of aromatic hydroxyl groups is 1. The van der Waals surface area contributed by atoms with E-state index in [-0.39, 0.29) is 0 Å². The lowest BCUT2D eigenvalue weighted by molar-refractivity contribution is 0.437. The molecule has 1 aromatic carbocycles. The molecule has 0 spiro atoms. The maximum absolute atomic E-state index is 9.54. The highest BCUT2D eigenvalue weighted by Gasteiger charge is 2.25. The molecule has 0 amide bonds. The summed E-state index contributed by atoms with van der Waals surface area (Å²) in [6, 6.07) is 10.9. The SMILES string of the molecule is CCC(NC1CCc2cc(O)ccc21)c1cccs1. The van der Waals surface area contributed by atoms with Gasteiger partial charge in [0, 0.05) is 17.0 Å². The number of nitrogens with one attached hydrogen (secondary N) is 1. The van der Waals surface area contributed by atoms with Gasteiger partial charge in [0.25, 0.3) is 0 Å². The largest absolute Gasteiger partial charge is 0.508 e. The highest BCUT2D eigenvalue weighted by molar-refractivity contribution is 7.10. The molecule has 0 saturated heterocycles. The van der Waals surface area contributed by atoms with Gasteiger partial charge in [-0.1, -0.05) is 19.1 Å². The summed E-state index contributed by atoms with van der Waals surface area (Å²) >= 11 is 1.82. The predicted molar refractivity (Wildman–Crippen MR) is 79.7 cm³/mol. The Balaban J connectivity index is 1.79. The molecular formula is C16H19NOS. The number of benzene rings is 1. The molecule has 2 unspecified atom stereocenters. The summed E-state index contributed by atoms with van der Waals surface area (Å²) in [5.41, 5.74) is 2.64. The van der Waals surface area contributed by atoms with Crippen molar-refractivity contribution in [2.24, 2.45) is 0 Å². The molecule has 1 aliphatic carbocycles. The molecule has 2 aromatic rings. The zero-order valence-electron chi connectivity index (χ0n) is 11.1. The van der Waals surface area contributed by atoms with Gasteiger partial charge in [-0.3, -0.25) is 0 Å². The fourth-order valence-electron chi connectivity index (χ4n) is 2.91. The lowest BCUT2D eigenvalue weighted by atomic mass is 10.1. The highest BCUT2D eigenvalue weighted by atomic mass is 32.1. The van der Waals surface area contributed by atoms with E-state index >= 15 is 0 Å². The minimum atomic E-state index is 0.379. The van der Waals surface area contributed by atoms with Crippen molar-refractivity contribution in [2.75, 3.05) is 0 Å². The molecule has 0 fully saturated rings. The summed E-state index contributed by atoms with van der Waals surface area (Å²) in [5, 5.41) is 15.5. The van der Waals surface area contributed by atoms with Gasteiger partial charge >= 0.3 is 0 Å². The zero-order valence-corrected chi connectivity index (χ0v) is 11.9. The Morgan fingerprint density at radius 1 is 1.42 bits per heavy atom. The van der Waals surface area contributed by atoms with Crippen LogP contribution in [0.4, 0.5) is 0 Å². The molecule has 3 heteroatoms. The van der Waals surface area contributed by atoms with Crippen LogP contribution < -0.4 is 5.32 Å². The van der Waals surface area contributed by atoms with E-state index in [9.17, 15) is 5.11 Å². The third kappa shape index (κ3) is 2.53. The Morgan fingerprint density at radius 3 is 3.05 bits per heavy atom. The number of thiophene rings is 1. The number of fused-ring (bicyclic) bond motifs is 1. The quantitative estimate of drug-likeness (QED) is 0.875. The molecule has 1 heterocycles. The smallest absolute Gasteiger partial charge is 0.115 e. The van der Waals surface area contributed by atoms with E-state index in [4.69, 9.17) is 0 Å². The van der Waals surface area contributed by atoms with E-state index in [1.165, 1.54) is 16.0 Å². The molecule has 1 aliphatic rings. The van der Waals surface area contributed by atoms with E-state index in [2.05, 4.69) is 35.8 Å². The fraction of sp³-hybridized carbons (Fsp3) is 0.375. The first-order valence-corrected chi connectivity index (χ1v) is 7.77. The van der Waals surface area contributed by atoms with Gasteiger partial charge in [-0.15, -0.1) is 11.3 Å². The third-order valence-corrected chi connectivity index (χ3v) is 4.89. The average Bonchev–Trinajstić information content (AvgIpc) is 3.05. The van der Waals surface area contributed by atoms with E-state index in [1.54, 1.807) is 6.07 Å². The molecule has 0 bridgehead atoms. The molecule has 2 N–H and O–H groups in total. The van der Waals surface area contributed by atoms with Crippen LogP contribution in [0.25, 0.3) is 0 Å². The minimum absolute atomic E-state index is 0.379. The number of phenols is 1. The molecule has 0 saturated carbocycles. The average molecular weight is 273 g/mol. The maximum Gasteiger partial charge on any atom is 0.115 e. The van der Waals surface area contributed by atoms with Crippen LogP contribution in [-0.2, 0) is 6.42 Å². The lowest BCUT2D eigenvalue weighted by Gasteiger charge is -2.21. The first-order valence-electron chi connectivity index (χ1n) is 6.89. The van der Waals surface area contributed by atoms with Crippen molar-refractivity contribution < 1.29 is 5.11 Å². The molecule has 0 aliphatic heterocycles. The Bertz CT molecular complexity index is 550. The second-order valence-corrected chi connectivity index (χ2v) is 6.10. The van der Waals surface area contributed by atoms with E-state index in [0.717, 1.165) is 19.3 Å². The number of hydrogen-bond donors (Lipinski definition) is 2. The molecule has 0 radical (unpaired) electrons. The van der Waals surface area contributed by atoms with Crippen LogP contribution in [0.5, 0.6) is 5.75 Å². The lowest BCUT2D eigenvalue weighted by Crippen LogP contribution is -2.24. The van der Waals surface area contributed by atoms with Crippen LogP contribution in [-0.4, -0.2) is 5.11 Å². The topological polar surface area (TPSA) is 32.3 Å². The summed E-state index contributed by atoms with van der Waals surface area (Å²) in [7, 11) is 0. The first-order chi connectivity index (χ1) is 9.28. The van der Waals surface area contributed by atoms with Crippen molar-refractivity contribution in [3.63, 3.8) is 0 Å². The number of aryl methyl sites for hydroxylation is 1. The van der Waals surface area contributed by atoms with Gasteiger partial charge in [-0.25, -0.2) is 0 Å². The Morgan fingerprint density at radius 2 is 2.32 bits per heavy atom. The summed E-state index contributed by atoms with van der Waals surface area (Å²) in [6.45, 7) is 2.23. The number of phenolic OH excluding ortho intramolecular Hbond substituents is 1. The van der Waals surface area contributed by atoms with Crippen molar-refractivity contribution in [2.45, 2.75) is 38.3 Å². The highest BCUT2D eigenvalue weighted by Crippen LogP contribution is 2.36. The van der Waals surface area contributed by atoms with Crippen molar-refractivity contribution in [3.8, 4) is 5.75 Å². The van der Waals surface area contributed by atoms with Gasteiger partial charge in [0.2, 0.25) is 0 Å². The maximum atomic E-state index is 9.54. The molecule has 19 heavy (non-hydrogen) atoms. The summed E-state index contributed by atoms with van der Waals surface area (Å²) in [6.07, 6.45) is 3.29. The van der Waals surface area contributed by atoms with Gasteiger partial charge < -0.3 is 10.4 Å². The minimum Gasteiger partial charge on any atom is -0.508 e. The third-order valence-electron chi connectivity index (χ3n) is 3.90. The van der Waals surface area contributed by atoms with Crippen molar-refractivity contribution in [1.29, 1.82) is 0 Å². The molecular weight excluding hydrogens is 254 g/mol. The monoisotopic (exact) mass is 273 g/mol. The van der Waals surface area contributed by atoms with Gasteiger partial charge in [0.1, 0.15) is 5.75 Å². The van der Waals surface area contributed by atoms with E-state index in [0.29, 0.717) is 17.8 Å².